The number of allylic oxidation sites excluding steroid dienone is 3. The number of halogens is 3. The molecule has 0 heterocycles. The van der Waals surface area contributed by atoms with Crippen molar-refractivity contribution < 1.29 is 31.4 Å². The van der Waals surface area contributed by atoms with Crippen molar-refractivity contribution in [1.29, 1.82) is 0 Å². The second-order valence-electron chi connectivity index (χ2n) is 5.90. The number of phenols is 1. The quantitative estimate of drug-likeness (QED) is 0.568. The van der Waals surface area contributed by atoms with Gasteiger partial charge in [-0.15, -0.1) is 0 Å². The van der Waals surface area contributed by atoms with Crippen LogP contribution in [-0.4, -0.2) is 26.4 Å². The molecule has 0 aromatic heterocycles. The van der Waals surface area contributed by atoms with Crippen molar-refractivity contribution >= 4 is 9.84 Å². The van der Waals surface area contributed by atoms with Gasteiger partial charge in [-0.1, -0.05) is 17.2 Å². The third kappa shape index (κ3) is 5.52. The van der Waals surface area contributed by atoms with Crippen molar-refractivity contribution in [3.8, 4) is 11.5 Å². The lowest BCUT2D eigenvalue weighted by Crippen LogP contribution is -2.09. The van der Waals surface area contributed by atoms with Crippen molar-refractivity contribution in [3.05, 3.63) is 40.7 Å². The highest BCUT2D eigenvalue weighted by molar-refractivity contribution is 7.90. The van der Waals surface area contributed by atoms with E-state index in [0.29, 0.717) is 12.7 Å². The van der Waals surface area contributed by atoms with E-state index in [9.17, 15) is 26.7 Å². The predicted octanol–water partition coefficient (Wildman–Crippen LogP) is 4.28. The molecule has 0 atom stereocenters. The highest BCUT2D eigenvalue weighted by atomic mass is 32.2. The van der Waals surface area contributed by atoms with E-state index in [2.05, 4.69) is 0 Å². The first-order valence-electron chi connectivity index (χ1n) is 7.48. The van der Waals surface area contributed by atoms with Crippen molar-refractivity contribution in [2.24, 2.45) is 0 Å². The lowest BCUT2D eigenvalue weighted by molar-refractivity contribution is 0.293. The molecular weight excluding hydrogens is 357 g/mol. The van der Waals surface area contributed by atoms with Gasteiger partial charge in [-0.25, -0.2) is 12.8 Å². The maximum Gasteiger partial charge on any atom is 0.211 e. The Bertz CT molecular complexity index is 779. The summed E-state index contributed by atoms with van der Waals surface area (Å²) in [6, 6.07) is 0. The van der Waals surface area contributed by atoms with Gasteiger partial charge >= 0.3 is 0 Å². The molecule has 0 aliphatic rings. The molecule has 0 aliphatic carbocycles. The van der Waals surface area contributed by atoms with Crippen LogP contribution in [-0.2, 0) is 9.84 Å². The van der Waals surface area contributed by atoms with Gasteiger partial charge in [0.1, 0.15) is 6.61 Å². The van der Waals surface area contributed by atoms with Crippen molar-refractivity contribution in [1.82, 2.24) is 0 Å². The largest absolute Gasteiger partial charge is 0.504 e. The number of hydrogen-bond acceptors (Lipinski definition) is 4. The Kier molecular flexibility index (Phi) is 7.10. The third-order valence-corrected chi connectivity index (χ3v) is 4.45. The molecule has 0 radical (unpaired) electrons. The summed E-state index contributed by atoms with van der Waals surface area (Å²) in [6.45, 7) is 5.48. The van der Waals surface area contributed by atoms with Crippen molar-refractivity contribution in [2.75, 3.05) is 12.9 Å². The van der Waals surface area contributed by atoms with Crippen LogP contribution in [0.1, 0.15) is 33.6 Å². The van der Waals surface area contributed by atoms with Crippen molar-refractivity contribution in [3.63, 3.8) is 0 Å². The molecule has 0 saturated carbocycles. The van der Waals surface area contributed by atoms with Gasteiger partial charge in [-0.3, -0.25) is 0 Å². The number of hydrogen-bond donors (Lipinski definition) is 1. The number of rotatable bonds is 7. The Hall–Kier alpha value is -1.96. The number of sulfone groups is 1. The first kappa shape index (κ1) is 21.1. The molecule has 0 fully saturated rings. The standard InChI is InChI=1S/C17H21F3O4S/c1-10(2)6-5-7-11(3)8-9-24-16-12(18)13(19)17(25(4,22)23)15(21)14(16)20/h6,8,21H,5,7,9H2,1-4H3/b11-8+. The Labute approximate surface area is 145 Å². The van der Waals surface area contributed by atoms with Crippen LogP contribution in [0.5, 0.6) is 11.5 Å². The van der Waals surface area contributed by atoms with Gasteiger partial charge in [-0.2, -0.15) is 8.78 Å². The van der Waals surface area contributed by atoms with Crippen LogP contribution in [0.2, 0.25) is 0 Å². The second-order valence-corrected chi connectivity index (χ2v) is 7.86. The van der Waals surface area contributed by atoms with E-state index < -0.39 is 43.7 Å². The summed E-state index contributed by atoms with van der Waals surface area (Å²) < 4.78 is 69.3. The maximum absolute atomic E-state index is 14.0. The molecule has 0 bridgehead atoms. The average molecular weight is 378 g/mol. The Morgan fingerprint density at radius 3 is 2.20 bits per heavy atom. The lowest BCUT2D eigenvalue weighted by Gasteiger charge is -2.12. The predicted molar refractivity (Wildman–Crippen MR) is 89.0 cm³/mol. The number of phenolic OH excluding ortho intramolecular Hbond substituents is 1. The molecule has 25 heavy (non-hydrogen) atoms. The highest BCUT2D eigenvalue weighted by Crippen LogP contribution is 2.37. The Balaban J connectivity index is 3.00. The average Bonchev–Trinajstić information content (AvgIpc) is 2.47. The zero-order chi connectivity index (χ0) is 19.4. The fraction of sp³-hybridized carbons (Fsp3) is 0.412. The summed E-state index contributed by atoms with van der Waals surface area (Å²) in [5.74, 6) is -7.99. The van der Waals surface area contributed by atoms with E-state index in [1.54, 1.807) is 13.0 Å². The minimum Gasteiger partial charge on any atom is -0.504 e. The molecule has 1 aromatic rings. The zero-order valence-electron chi connectivity index (χ0n) is 14.5. The van der Waals surface area contributed by atoms with Gasteiger partial charge in [0.15, 0.2) is 32.0 Å². The summed E-state index contributed by atoms with van der Waals surface area (Å²) in [7, 11) is -4.36. The zero-order valence-corrected chi connectivity index (χ0v) is 15.3. The maximum atomic E-state index is 14.0. The second kappa shape index (κ2) is 8.42. The minimum atomic E-state index is -4.36. The number of benzene rings is 1. The van der Waals surface area contributed by atoms with Gasteiger partial charge < -0.3 is 9.84 Å². The van der Waals surface area contributed by atoms with Crippen LogP contribution in [0.4, 0.5) is 13.2 Å². The third-order valence-electron chi connectivity index (χ3n) is 3.34. The van der Waals surface area contributed by atoms with Crippen LogP contribution in [0.3, 0.4) is 0 Å². The van der Waals surface area contributed by atoms with Gasteiger partial charge in [0.25, 0.3) is 0 Å². The van der Waals surface area contributed by atoms with Gasteiger partial charge in [0, 0.05) is 6.26 Å². The molecule has 1 rings (SSSR count). The molecular formula is C17H21F3O4S. The molecule has 1 aromatic carbocycles. The summed E-state index contributed by atoms with van der Waals surface area (Å²) in [6.07, 6.45) is 5.65. The summed E-state index contributed by atoms with van der Waals surface area (Å²) >= 11 is 0. The molecule has 140 valence electrons. The first-order chi connectivity index (χ1) is 11.5. The molecule has 0 amide bonds. The molecule has 4 nitrogen and oxygen atoms in total. The first-order valence-corrected chi connectivity index (χ1v) is 9.37. The van der Waals surface area contributed by atoms with Crippen molar-refractivity contribution in [2.45, 2.75) is 38.5 Å². The smallest absolute Gasteiger partial charge is 0.211 e. The van der Waals surface area contributed by atoms with Gasteiger partial charge in [-0.05, 0) is 39.7 Å². The fourth-order valence-corrected chi connectivity index (χ4v) is 2.89. The Morgan fingerprint density at radius 2 is 1.68 bits per heavy atom. The summed E-state index contributed by atoms with van der Waals surface area (Å²) in [4.78, 5) is -1.43. The number of ether oxygens (including phenoxy) is 1. The Morgan fingerprint density at radius 1 is 1.08 bits per heavy atom. The van der Waals surface area contributed by atoms with Gasteiger partial charge in [0.2, 0.25) is 11.6 Å². The lowest BCUT2D eigenvalue weighted by atomic mass is 10.1. The van der Waals surface area contributed by atoms with Crippen LogP contribution in [0.25, 0.3) is 0 Å². The molecule has 0 unspecified atom stereocenters. The van der Waals surface area contributed by atoms with Crippen LogP contribution in [0.15, 0.2) is 28.2 Å². The summed E-state index contributed by atoms with van der Waals surface area (Å²) in [5.41, 5.74) is 2.07. The fourth-order valence-electron chi connectivity index (χ4n) is 2.03. The molecule has 1 N–H and O–H groups in total. The number of aromatic hydroxyl groups is 1. The van der Waals surface area contributed by atoms with E-state index in [0.717, 1.165) is 12.0 Å². The molecule has 0 spiro atoms. The van der Waals surface area contributed by atoms with E-state index in [-0.39, 0.29) is 6.61 Å². The normalized spacial score (nSPS) is 12.2. The topological polar surface area (TPSA) is 63.6 Å². The van der Waals surface area contributed by atoms with Crippen LogP contribution in [0, 0.1) is 17.5 Å². The molecule has 0 aliphatic heterocycles. The monoisotopic (exact) mass is 378 g/mol. The van der Waals surface area contributed by atoms with Crippen LogP contribution < -0.4 is 4.74 Å². The summed E-state index contributed by atoms with van der Waals surface area (Å²) in [5, 5.41) is 9.53. The van der Waals surface area contributed by atoms with E-state index in [1.807, 2.05) is 19.9 Å². The molecule has 8 heteroatoms. The highest BCUT2D eigenvalue weighted by Gasteiger charge is 2.31. The van der Waals surface area contributed by atoms with Gasteiger partial charge in [0.05, 0.1) is 0 Å². The van der Waals surface area contributed by atoms with E-state index in [1.165, 1.54) is 5.57 Å². The van der Waals surface area contributed by atoms with Crippen LogP contribution >= 0.6 is 0 Å². The van der Waals surface area contributed by atoms with E-state index in [4.69, 9.17) is 4.74 Å². The van der Waals surface area contributed by atoms with E-state index >= 15 is 0 Å². The molecule has 0 saturated heterocycles. The SMILES string of the molecule is CC(C)=CCC/C(C)=C/COc1c(F)c(O)c(S(C)(=O)=O)c(F)c1F. The minimum absolute atomic E-state index is 0.258.